The maximum Gasteiger partial charge on any atom is 0 e. The molecule has 0 unspecified atom stereocenters. The van der Waals surface area contributed by atoms with E-state index in [0.717, 1.165) is 0 Å². The standard InChI is InChI=1S/La.Mn.2H2O.O.Pr/h;;2*1H2;;/q;+2;;;;/p-2. The van der Waals surface area contributed by atoms with Gasteiger partial charge in [-0.2, -0.15) is 0 Å². The fourth-order valence-corrected chi connectivity index (χ4v) is 0. The third-order valence-electron chi connectivity index (χ3n) is 0. The topological polar surface area (TPSA) is 57.5 Å². The summed E-state index contributed by atoms with van der Waals surface area (Å²) in [6.07, 6.45) is 0. The van der Waals surface area contributed by atoms with E-state index in [0.29, 0.717) is 0 Å². The third-order valence-corrected chi connectivity index (χ3v) is 0. The van der Waals surface area contributed by atoms with Crippen LogP contribution in [0.3, 0.4) is 0 Å². The van der Waals surface area contributed by atoms with Gasteiger partial charge >= 0.3 is 26.7 Å². The normalized spacial score (nSPS) is 5.83. The minimum Gasteiger partial charge on any atom is 0 e. The summed E-state index contributed by atoms with van der Waals surface area (Å²) in [5, 5.41) is 0. The summed E-state index contributed by atoms with van der Waals surface area (Å²) in [5.41, 5.74) is 0. The fourth-order valence-electron chi connectivity index (χ4n) is 0. The Balaban J connectivity index is -0.0000000450. The molecule has 0 heterocycles. The van der Waals surface area contributed by atoms with Crippen molar-refractivity contribution in [2.24, 2.45) is 0 Å². The van der Waals surface area contributed by atoms with E-state index >= 15 is 0 Å². The molecule has 0 aliphatic carbocycles. The van der Waals surface area contributed by atoms with Crippen molar-refractivity contribution in [2.45, 2.75) is 0 Å². The Morgan fingerprint density at radius 2 is 1.33 bits per heavy atom. The Hall–Kier alpha value is 2.80. The SMILES string of the molecule is [La].[O]=[Mn]([OH])[OH].[Pr]. The first-order valence-electron chi connectivity index (χ1n) is 0.492. The van der Waals surface area contributed by atoms with Crippen molar-refractivity contribution in [2.75, 3.05) is 0 Å². The van der Waals surface area contributed by atoms with Gasteiger partial charge in [0, 0.05) is 76.9 Å². The van der Waals surface area contributed by atoms with E-state index in [4.69, 9.17) is 12.2 Å². The van der Waals surface area contributed by atoms with Crippen molar-refractivity contribution in [1.82, 2.24) is 0 Å². The molecule has 0 spiro atoms. The largest absolute Gasteiger partial charge is 0 e. The molecule has 0 aliphatic heterocycles. The van der Waals surface area contributed by atoms with Gasteiger partial charge in [-0.15, -0.1) is 0 Å². The van der Waals surface area contributed by atoms with E-state index in [2.05, 4.69) is 0 Å². The minimum atomic E-state index is -3.15. The van der Waals surface area contributed by atoms with Gasteiger partial charge in [0.05, 0.1) is 0 Å². The van der Waals surface area contributed by atoms with Gasteiger partial charge < -0.3 is 0 Å². The maximum absolute atomic E-state index is 8.74. The molecule has 0 bridgehead atoms. The van der Waals surface area contributed by atoms with Crippen LogP contribution in [0.5, 0.6) is 0 Å². The molecule has 0 atom stereocenters. The monoisotopic (exact) mass is 385 g/mol. The molecule has 0 amide bonds. The van der Waals surface area contributed by atoms with Crippen molar-refractivity contribution >= 4 is 0 Å². The van der Waals surface area contributed by atoms with Crippen LogP contribution in [0.4, 0.5) is 0 Å². The molecule has 2 radical (unpaired) electrons. The number of rotatable bonds is 0. The molecule has 6 heavy (non-hydrogen) atoms. The second kappa shape index (κ2) is 10.7. The summed E-state index contributed by atoms with van der Waals surface area (Å²) in [5.74, 6) is 0. The van der Waals surface area contributed by atoms with Crippen molar-refractivity contribution in [3.8, 4) is 0 Å². The van der Waals surface area contributed by atoms with Crippen molar-refractivity contribution < 1.29 is 104 Å². The zero-order chi connectivity index (χ0) is 3.58. The summed E-state index contributed by atoms with van der Waals surface area (Å²) >= 11 is -3.15. The van der Waals surface area contributed by atoms with Crippen LogP contribution < -0.4 is 0 Å². The average Bonchev–Trinajstić information content (AvgIpc) is 0.811. The van der Waals surface area contributed by atoms with Gasteiger partial charge in [-0.05, 0) is 0 Å². The molecule has 0 aromatic rings. The molecule has 0 fully saturated rings. The molecule has 6 heteroatoms. The van der Waals surface area contributed by atoms with Gasteiger partial charge in [-0.1, -0.05) is 0 Å². The first kappa shape index (κ1) is 15.9. The average molecular weight is 385 g/mol. The molecular formula is H2LaMnO3Pr. The van der Waals surface area contributed by atoms with E-state index in [-0.39, 0.29) is 76.9 Å². The Labute approximate surface area is 101 Å². The van der Waals surface area contributed by atoms with E-state index in [1.54, 1.807) is 0 Å². The zero-order valence-electron chi connectivity index (χ0n) is 2.84. The van der Waals surface area contributed by atoms with Crippen molar-refractivity contribution in [3.05, 3.63) is 0 Å². The van der Waals surface area contributed by atoms with Crippen LogP contribution in [-0.2, 0) is 18.3 Å². The van der Waals surface area contributed by atoms with Gasteiger partial charge in [0.15, 0.2) is 0 Å². The van der Waals surface area contributed by atoms with E-state index in [1.807, 2.05) is 0 Å². The van der Waals surface area contributed by atoms with Crippen LogP contribution in [0.2, 0.25) is 0 Å². The van der Waals surface area contributed by atoms with E-state index in [1.165, 1.54) is 0 Å². The van der Waals surface area contributed by atoms with E-state index < -0.39 is 14.5 Å². The summed E-state index contributed by atoms with van der Waals surface area (Å²) < 4.78 is 23.1. The number of hydrogen-bond acceptors (Lipinski definition) is 1. The summed E-state index contributed by atoms with van der Waals surface area (Å²) in [6, 6.07) is 0. The zero-order valence-corrected chi connectivity index (χ0v) is 11.3. The first-order valence-corrected chi connectivity index (χ1v) is 2.03. The second-order valence-electron chi connectivity index (χ2n) is 0.214. The van der Waals surface area contributed by atoms with Crippen LogP contribution in [0.25, 0.3) is 0 Å². The summed E-state index contributed by atoms with van der Waals surface area (Å²) in [6.45, 7) is 0. The molecule has 0 aromatic carbocycles. The molecule has 0 saturated carbocycles. The second-order valence-corrected chi connectivity index (χ2v) is 0.881. The van der Waals surface area contributed by atoms with Gasteiger partial charge in [0.1, 0.15) is 0 Å². The van der Waals surface area contributed by atoms with Crippen LogP contribution in [0.1, 0.15) is 0 Å². The predicted molar refractivity (Wildman–Crippen MR) is 5.12 cm³/mol. The summed E-state index contributed by atoms with van der Waals surface area (Å²) in [7, 11) is 0. The fraction of sp³-hybridized carbons (Fsp3) is 0. The molecule has 0 saturated heterocycles. The molecule has 2 N–H and O–H groups in total. The van der Waals surface area contributed by atoms with E-state index in [9.17, 15) is 0 Å². The molecule has 3 nitrogen and oxygen atoms in total. The Morgan fingerprint density at radius 1 is 1.33 bits per heavy atom. The molecule has 0 aliphatic rings. The third kappa shape index (κ3) is 29.2. The maximum atomic E-state index is 8.74. The van der Waals surface area contributed by atoms with Crippen LogP contribution >= 0.6 is 0 Å². The van der Waals surface area contributed by atoms with Gasteiger partial charge in [0.2, 0.25) is 0 Å². The molecular weight excluding hydrogens is 383 g/mol. The van der Waals surface area contributed by atoms with Gasteiger partial charge in [0.25, 0.3) is 0 Å². The Bertz CT molecular complexity index is 33.8. The van der Waals surface area contributed by atoms with Crippen LogP contribution in [0, 0.1) is 76.9 Å². The smallest absolute Gasteiger partial charge is 0 e. The molecule has 0 rings (SSSR count). The summed E-state index contributed by atoms with van der Waals surface area (Å²) in [4.78, 5) is 0. The molecule has 0 aromatic heterocycles. The Kier molecular flexibility index (Phi) is 28.4. The Morgan fingerprint density at radius 3 is 1.33 bits per heavy atom. The van der Waals surface area contributed by atoms with Gasteiger partial charge in [-0.3, -0.25) is 0 Å². The first-order chi connectivity index (χ1) is 1.73. The molecule has 33 valence electrons. The quantitative estimate of drug-likeness (QED) is 0.514. The predicted octanol–water partition coefficient (Wildman–Crippen LogP) is -1.24. The van der Waals surface area contributed by atoms with Crippen molar-refractivity contribution in [1.29, 1.82) is 0 Å². The number of hydrogen-bond donors (Lipinski definition) is 2. The van der Waals surface area contributed by atoms with Crippen molar-refractivity contribution in [3.63, 3.8) is 0 Å². The van der Waals surface area contributed by atoms with Crippen LogP contribution in [0.15, 0.2) is 0 Å². The minimum absolute atomic E-state index is 0. The van der Waals surface area contributed by atoms with Gasteiger partial charge in [-0.25, -0.2) is 0 Å². The van der Waals surface area contributed by atoms with Crippen LogP contribution in [-0.4, -0.2) is 8.38 Å².